The SMILES string of the molecule is CC(C)(COC(=O)CCc1cc(C(C)(C)C)c(O)c(C(C)(C)C)c1)NC(=O)C(N)=O. The quantitative estimate of drug-likeness (QED) is 0.483. The van der Waals surface area contributed by atoms with Crippen LogP contribution in [0.3, 0.4) is 0 Å². The Morgan fingerprint density at radius 2 is 1.43 bits per heavy atom. The number of phenolic OH excluding ortho intramolecular Hbond substituents is 1. The van der Waals surface area contributed by atoms with Crippen LogP contribution in [-0.2, 0) is 36.4 Å². The number of hydrogen-bond acceptors (Lipinski definition) is 5. The number of aryl methyl sites for hydroxylation is 1. The molecule has 0 fully saturated rings. The molecule has 7 nitrogen and oxygen atoms in total. The molecule has 0 heterocycles. The highest BCUT2D eigenvalue weighted by molar-refractivity contribution is 6.34. The molecule has 0 aromatic heterocycles. The molecule has 4 N–H and O–H groups in total. The van der Waals surface area contributed by atoms with E-state index in [2.05, 4.69) is 5.32 Å². The maximum Gasteiger partial charge on any atom is 0.309 e. The first kappa shape index (κ1) is 25.5. The van der Waals surface area contributed by atoms with Gasteiger partial charge in [0.1, 0.15) is 12.4 Å². The van der Waals surface area contributed by atoms with Gasteiger partial charge in [-0.25, -0.2) is 0 Å². The highest BCUT2D eigenvalue weighted by Gasteiger charge is 2.27. The fourth-order valence-electron chi connectivity index (χ4n) is 2.97. The topological polar surface area (TPSA) is 119 Å². The Hall–Kier alpha value is -2.57. The smallest absolute Gasteiger partial charge is 0.309 e. The number of ether oxygens (including phenoxy) is 1. The molecule has 0 saturated heterocycles. The minimum Gasteiger partial charge on any atom is -0.507 e. The number of carbonyl (C=O) groups is 3. The number of aromatic hydroxyl groups is 1. The van der Waals surface area contributed by atoms with Gasteiger partial charge in [0, 0.05) is 6.42 Å². The third-order valence-electron chi connectivity index (χ3n) is 4.67. The number of benzene rings is 1. The molecule has 1 rings (SSSR count). The summed E-state index contributed by atoms with van der Waals surface area (Å²) in [6.45, 7) is 15.4. The maximum absolute atomic E-state index is 12.2. The zero-order valence-electron chi connectivity index (χ0n) is 19.4. The van der Waals surface area contributed by atoms with E-state index in [9.17, 15) is 19.5 Å². The van der Waals surface area contributed by atoms with E-state index in [0.717, 1.165) is 16.7 Å². The fraction of sp³-hybridized carbons (Fsp3) is 0.609. The van der Waals surface area contributed by atoms with Crippen molar-refractivity contribution >= 4 is 17.8 Å². The van der Waals surface area contributed by atoms with Gasteiger partial charge in [0.2, 0.25) is 0 Å². The van der Waals surface area contributed by atoms with Crippen molar-refractivity contribution in [3.63, 3.8) is 0 Å². The van der Waals surface area contributed by atoms with Gasteiger partial charge in [-0.1, -0.05) is 53.7 Å². The Bertz CT molecular complexity index is 779. The van der Waals surface area contributed by atoms with Gasteiger partial charge in [0.25, 0.3) is 0 Å². The van der Waals surface area contributed by atoms with Crippen LogP contribution in [0.2, 0.25) is 0 Å². The Kier molecular flexibility index (Phi) is 7.69. The third kappa shape index (κ3) is 7.35. The summed E-state index contributed by atoms with van der Waals surface area (Å²) in [7, 11) is 0. The highest BCUT2D eigenvalue weighted by atomic mass is 16.5. The molecule has 0 spiro atoms. The molecule has 2 amide bonds. The Balaban J connectivity index is 2.88. The lowest BCUT2D eigenvalue weighted by molar-refractivity contribution is -0.147. The van der Waals surface area contributed by atoms with Gasteiger partial charge < -0.3 is 20.9 Å². The van der Waals surface area contributed by atoms with Crippen LogP contribution in [0.25, 0.3) is 0 Å². The number of nitrogens with one attached hydrogen (secondary N) is 1. The van der Waals surface area contributed by atoms with Crippen molar-refractivity contribution in [3.8, 4) is 5.75 Å². The van der Waals surface area contributed by atoms with Crippen LogP contribution >= 0.6 is 0 Å². The van der Waals surface area contributed by atoms with E-state index >= 15 is 0 Å². The van der Waals surface area contributed by atoms with Crippen molar-refractivity contribution in [2.45, 2.75) is 84.6 Å². The summed E-state index contributed by atoms with van der Waals surface area (Å²) in [5, 5.41) is 13.2. The lowest BCUT2D eigenvalue weighted by Crippen LogP contribution is -2.51. The van der Waals surface area contributed by atoms with Crippen molar-refractivity contribution in [1.29, 1.82) is 0 Å². The molecule has 0 radical (unpaired) electrons. The summed E-state index contributed by atoms with van der Waals surface area (Å²) in [6.07, 6.45) is 0.608. The summed E-state index contributed by atoms with van der Waals surface area (Å²) in [6, 6.07) is 3.88. The molecule has 0 unspecified atom stereocenters. The molecule has 0 saturated carbocycles. The van der Waals surface area contributed by atoms with E-state index in [1.54, 1.807) is 13.8 Å². The standard InChI is InChI=1S/C23H36N2O5/c1-21(2,3)15-11-14(12-16(18(15)27)22(4,5)6)9-10-17(26)30-13-23(7,8)25-20(29)19(24)28/h11-12,27H,9-10,13H2,1-8H3,(H2,24,28)(H,25,29). The summed E-state index contributed by atoms with van der Waals surface area (Å²) in [5.41, 5.74) is 6.15. The van der Waals surface area contributed by atoms with Crippen molar-refractivity contribution in [1.82, 2.24) is 5.32 Å². The van der Waals surface area contributed by atoms with Gasteiger partial charge in [-0.05, 0) is 47.8 Å². The molecule has 1 aromatic rings. The zero-order valence-corrected chi connectivity index (χ0v) is 19.4. The summed E-state index contributed by atoms with van der Waals surface area (Å²) < 4.78 is 5.27. The van der Waals surface area contributed by atoms with Gasteiger partial charge in [-0.2, -0.15) is 0 Å². The van der Waals surface area contributed by atoms with Gasteiger partial charge in [-0.15, -0.1) is 0 Å². The third-order valence-corrected chi connectivity index (χ3v) is 4.67. The predicted molar refractivity (Wildman–Crippen MR) is 116 cm³/mol. The van der Waals surface area contributed by atoms with Crippen LogP contribution in [0.15, 0.2) is 12.1 Å². The normalized spacial score (nSPS) is 12.4. The van der Waals surface area contributed by atoms with Crippen LogP contribution in [0.5, 0.6) is 5.75 Å². The average Bonchev–Trinajstić information content (AvgIpc) is 2.56. The minimum atomic E-state index is -1.09. The molecule has 30 heavy (non-hydrogen) atoms. The van der Waals surface area contributed by atoms with Gasteiger partial charge in [0.15, 0.2) is 0 Å². The van der Waals surface area contributed by atoms with E-state index < -0.39 is 23.3 Å². The van der Waals surface area contributed by atoms with Crippen LogP contribution in [0.4, 0.5) is 0 Å². The Morgan fingerprint density at radius 1 is 0.967 bits per heavy atom. The average molecular weight is 421 g/mol. The fourth-order valence-corrected chi connectivity index (χ4v) is 2.97. The van der Waals surface area contributed by atoms with Gasteiger partial charge in [-0.3, -0.25) is 14.4 Å². The molecule has 0 aliphatic carbocycles. The van der Waals surface area contributed by atoms with E-state index in [-0.39, 0.29) is 23.9 Å². The number of primary amides is 1. The predicted octanol–water partition coefficient (Wildman–Crippen LogP) is 2.84. The molecule has 7 heteroatoms. The Morgan fingerprint density at radius 3 is 1.83 bits per heavy atom. The van der Waals surface area contributed by atoms with Crippen LogP contribution in [-0.4, -0.2) is 35.0 Å². The highest BCUT2D eigenvalue weighted by Crippen LogP contribution is 2.40. The first-order valence-electron chi connectivity index (χ1n) is 10.1. The van der Waals surface area contributed by atoms with Crippen molar-refractivity contribution < 1.29 is 24.2 Å². The molecular weight excluding hydrogens is 384 g/mol. The molecule has 0 atom stereocenters. The van der Waals surface area contributed by atoms with Crippen LogP contribution in [0.1, 0.15) is 78.5 Å². The maximum atomic E-state index is 12.2. The second-order valence-electron chi connectivity index (χ2n) is 10.4. The Labute approximate surface area is 179 Å². The minimum absolute atomic E-state index is 0.0824. The summed E-state index contributed by atoms with van der Waals surface area (Å²) in [4.78, 5) is 34.5. The van der Waals surface area contributed by atoms with Gasteiger partial charge >= 0.3 is 17.8 Å². The summed E-state index contributed by atoms with van der Waals surface area (Å²) >= 11 is 0. The number of amides is 2. The number of rotatable bonds is 6. The zero-order chi connectivity index (χ0) is 23.5. The van der Waals surface area contributed by atoms with Crippen molar-refractivity contribution in [2.24, 2.45) is 5.73 Å². The second-order valence-corrected chi connectivity index (χ2v) is 10.4. The number of phenols is 1. The molecule has 0 aliphatic rings. The molecule has 1 aromatic carbocycles. The number of esters is 1. The molecule has 0 aliphatic heterocycles. The van der Waals surface area contributed by atoms with Crippen LogP contribution < -0.4 is 11.1 Å². The molecule has 0 bridgehead atoms. The first-order chi connectivity index (χ1) is 13.4. The summed E-state index contributed by atoms with van der Waals surface area (Å²) in [5.74, 6) is -2.14. The molecule has 168 valence electrons. The van der Waals surface area contributed by atoms with Crippen molar-refractivity contribution in [2.75, 3.05) is 6.61 Å². The van der Waals surface area contributed by atoms with E-state index in [1.165, 1.54) is 0 Å². The second kappa shape index (κ2) is 9.06. The number of carbonyl (C=O) groups excluding carboxylic acids is 3. The number of hydrogen-bond donors (Lipinski definition) is 3. The van der Waals surface area contributed by atoms with Crippen molar-refractivity contribution in [3.05, 3.63) is 28.8 Å². The van der Waals surface area contributed by atoms with Gasteiger partial charge in [0.05, 0.1) is 5.54 Å². The first-order valence-corrected chi connectivity index (χ1v) is 10.1. The monoisotopic (exact) mass is 420 g/mol. The van der Waals surface area contributed by atoms with E-state index in [4.69, 9.17) is 10.5 Å². The largest absolute Gasteiger partial charge is 0.507 e. The van der Waals surface area contributed by atoms with E-state index in [1.807, 2.05) is 53.7 Å². The van der Waals surface area contributed by atoms with E-state index in [0.29, 0.717) is 12.2 Å². The number of nitrogens with two attached hydrogens (primary N) is 1. The lowest BCUT2D eigenvalue weighted by atomic mass is 9.78. The lowest BCUT2D eigenvalue weighted by Gasteiger charge is -2.28. The van der Waals surface area contributed by atoms with Crippen LogP contribution in [0, 0.1) is 0 Å². The molecular formula is C23H36N2O5.